The van der Waals surface area contributed by atoms with Crippen LogP contribution < -0.4 is 24.4 Å². The summed E-state index contributed by atoms with van der Waals surface area (Å²) in [6, 6.07) is 8.23. The van der Waals surface area contributed by atoms with Crippen molar-refractivity contribution in [3.63, 3.8) is 0 Å². The van der Waals surface area contributed by atoms with Crippen LogP contribution in [0.25, 0.3) is 0 Å². The summed E-state index contributed by atoms with van der Waals surface area (Å²) in [7, 11) is 1.50. The van der Waals surface area contributed by atoms with E-state index in [0.29, 0.717) is 50.9 Å². The SMILES string of the molecule is CCOc1ccc(C(=O)N/N=C/c2cc(I)c(OCC(=O)O)c(OCC)c2)cc1OC. The van der Waals surface area contributed by atoms with Gasteiger partial charge >= 0.3 is 5.97 Å². The van der Waals surface area contributed by atoms with Gasteiger partial charge in [-0.2, -0.15) is 5.10 Å². The van der Waals surface area contributed by atoms with Crippen LogP contribution in [0.2, 0.25) is 0 Å². The molecule has 166 valence electrons. The van der Waals surface area contributed by atoms with Crippen LogP contribution in [-0.4, -0.2) is 50.1 Å². The molecule has 2 aromatic carbocycles. The average Bonchev–Trinajstić information content (AvgIpc) is 2.73. The molecule has 0 aliphatic carbocycles. The number of amides is 1. The lowest BCUT2D eigenvalue weighted by molar-refractivity contribution is -0.139. The monoisotopic (exact) mass is 542 g/mol. The smallest absolute Gasteiger partial charge is 0.341 e. The average molecular weight is 542 g/mol. The highest BCUT2D eigenvalue weighted by molar-refractivity contribution is 14.1. The van der Waals surface area contributed by atoms with Crippen LogP contribution in [0.1, 0.15) is 29.8 Å². The number of nitrogens with zero attached hydrogens (tertiary/aromatic N) is 1. The van der Waals surface area contributed by atoms with Crippen molar-refractivity contribution >= 4 is 40.7 Å². The van der Waals surface area contributed by atoms with Crippen molar-refractivity contribution in [1.82, 2.24) is 5.43 Å². The number of carboxylic acids is 1. The van der Waals surface area contributed by atoms with E-state index in [0.717, 1.165) is 0 Å². The third-order valence-electron chi connectivity index (χ3n) is 3.78. The lowest BCUT2D eigenvalue weighted by atomic mass is 10.2. The molecule has 0 bridgehead atoms. The zero-order valence-electron chi connectivity index (χ0n) is 17.3. The predicted octanol–water partition coefficient (Wildman–Crippen LogP) is 3.32. The number of ether oxygens (including phenoxy) is 4. The highest BCUT2D eigenvalue weighted by atomic mass is 127. The fourth-order valence-electron chi connectivity index (χ4n) is 2.51. The van der Waals surface area contributed by atoms with Crippen molar-refractivity contribution in [1.29, 1.82) is 0 Å². The van der Waals surface area contributed by atoms with Gasteiger partial charge in [0.15, 0.2) is 29.6 Å². The van der Waals surface area contributed by atoms with Gasteiger partial charge in [0.25, 0.3) is 5.91 Å². The van der Waals surface area contributed by atoms with Crippen LogP contribution in [0.15, 0.2) is 35.4 Å². The molecular formula is C21H23IN2O7. The van der Waals surface area contributed by atoms with E-state index in [9.17, 15) is 9.59 Å². The number of carbonyl (C=O) groups is 2. The third kappa shape index (κ3) is 7.02. The summed E-state index contributed by atoms with van der Waals surface area (Å²) in [4.78, 5) is 23.2. The number of aliphatic carboxylic acids is 1. The Hall–Kier alpha value is -3.02. The van der Waals surface area contributed by atoms with E-state index < -0.39 is 18.5 Å². The number of carboxylic acid groups (broad SMARTS) is 1. The van der Waals surface area contributed by atoms with E-state index in [1.165, 1.54) is 13.3 Å². The summed E-state index contributed by atoms with van der Waals surface area (Å²) in [6.45, 7) is 4.04. The maximum Gasteiger partial charge on any atom is 0.341 e. The van der Waals surface area contributed by atoms with Gasteiger partial charge < -0.3 is 24.1 Å². The molecule has 2 aromatic rings. The molecule has 0 heterocycles. The molecule has 0 spiro atoms. The number of hydrazone groups is 1. The Morgan fingerprint density at radius 2 is 1.77 bits per heavy atom. The maximum absolute atomic E-state index is 12.4. The second-order valence-electron chi connectivity index (χ2n) is 5.94. The largest absolute Gasteiger partial charge is 0.493 e. The van der Waals surface area contributed by atoms with Gasteiger partial charge in [-0.15, -0.1) is 0 Å². The first-order valence-electron chi connectivity index (χ1n) is 9.34. The number of benzene rings is 2. The number of nitrogens with one attached hydrogen (secondary N) is 1. The van der Waals surface area contributed by atoms with Crippen LogP contribution in [-0.2, 0) is 4.79 Å². The number of carbonyl (C=O) groups excluding carboxylic acids is 1. The number of hydrogen-bond donors (Lipinski definition) is 2. The highest BCUT2D eigenvalue weighted by Gasteiger charge is 2.14. The number of hydrogen-bond acceptors (Lipinski definition) is 7. The van der Waals surface area contributed by atoms with Gasteiger partial charge in [-0.25, -0.2) is 10.2 Å². The first-order chi connectivity index (χ1) is 14.9. The number of rotatable bonds is 11. The van der Waals surface area contributed by atoms with Gasteiger partial charge in [0, 0.05) is 5.56 Å². The Bertz CT molecular complexity index is 963. The van der Waals surface area contributed by atoms with Gasteiger partial charge in [-0.1, -0.05) is 0 Å². The van der Waals surface area contributed by atoms with E-state index >= 15 is 0 Å². The Kier molecular flexibility index (Phi) is 9.38. The second-order valence-corrected chi connectivity index (χ2v) is 7.11. The highest BCUT2D eigenvalue weighted by Crippen LogP contribution is 2.34. The van der Waals surface area contributed by atoms with Crippen molar-refractivity contribution in [3.05, 3.63) is 45.0 Å². The number of halogens is 1. The van der Waals surface area contributed by atoms with Gasteiger partial charge in [0.1, 0.15) is 0 Å². The predicted molar refractivity (Wildman–Crippen MR) is 123 cm³/mol. The Morgan fingerprint density at radius 1 is 1.06 bits per heavy atom. The van der Waals surface area contributed by atoms with E-state index in [4.69, 9.17) is 24.1 Å². The summed E-state index contributed by atoms with van der Waals surface area (Å²) in [5.74, 6) is 0.225. The van der Waals surface area contributed by atoms with Crippen molar-refractivity contribution in [3.8, 4) is 23.0 Å². The Balaban J connectivity index is 2.14. The molecule has 0 fully saturated rings. The molecule has 0 aliphatic rings. The molecule has 10 heteroatoms. The molecule has 0 radical (unpaired) electrons. The van der Waals surface area contributed by atoms with Gasteiger partial charge in [-0.05, 0) is 72.3 Å². The molecule has 2 rings (SSSR count). The quantitative estimate of drug-likeness (QED) is 0.254. The minimum Gasteiger partial charge on any atom is -0.493 e. The molecule has 0 saturated heterocycles. The Morgan fingerprint density at radius 3 is 2.42 bits per heavy atom. The standard InChI is InChI=1S/C21H23IN2O7/c1-4-29-16-7-6-14(10-17(16)28-3)21(27)24-23-11-13-8-15(22)20(31-12-19(25)26)18(9-13)30-5-2/h6-11H,4-5,12H2,1-3H3,(H,24,27)(H,25,26)/b23-11+. The van der Waals surface area contributed by atoms with Crippen LogP contribution in [0.4, 0.5) is 0 Å². The minimum atomic E-state index is -1.09. The van der Waals surface area contributed by atoms with Crippen LogP contribution in [0, 0.1) is 3.57 Å². The van der Waals surface area contributed by atoms with Crippen molar-refractivity contribution in [2.45, 2.75) is 13.8 Å². The van der Waals surface area contributed by atoms with Crippen LogP contribution in [0.3, 0.4) is 0 Å². The van der Waals surface area contributed by atoms with Gasteiger partial charge in [-0.3, -0.25) is 4.79 Å². The van der Waals surface area contributed by atoms with E-state index in [1.54, 1.807) is 37.3 Å². The van der Waals surface area contributed by atoms with Gasteiger partial charge in [0.2, 0.25) is 0 Å². The molecule has 1 amide bonds. The normalized spacial score (nSPS) is 10.6. The maximum atomic E-state index is 12.4. The molecule has 0 unspecified atom stereocenters. The van der Waals surface area contributed by atoms with Crippen molar-refractivity contribution in [2.24, 2.45) is 5.10 Å². The zero-order valence-corrected chi connectivity index (χ0v) is 19.5. The summed E-state index contributed by atoms with van der Waals surface area (Å²) < 4.78 is 22.2. The zero-order chi connectivity index (χ0) is 22.8. The molecule has 0 atom stereocenters. The fraction of sp³-hybridized carbons (Fsp3) is 0.286. The molecular weight excluding hydrogens is 519 g/mol. The lowest BCUT2D eigenvalue weighted by Crippen LogP contribution is -2.17. The van der Waals surface area contributed by atoms with Crippen LogP contribution in [0.5, 0.6) is 23.0 Å². The summed E-state index contributed by atoms with van der Waals surface area (Å²) in [6.07, 6.45) is 1.45. The second kappa shape index (κ2) is 12.0. The molecule has 0 aliphatic heterocycles. The first-order valence-corrected chi connectivity index (χ1v) is 10.4. The molecule has 9 nitrogen and oxygen atoms in total. The van der Waals surface area contributed by atoms with E-state index in [2.05, 4.69) is 10.5 Å². The van der Waals surface area contributed by atoms with E-state index in [-0.39, 0.29) is 0 Å². The first kappa shape index (κ1) is 24.3. The topological polar surface area (TPSA) is 116 Å². The third-order valence-corrected chi connectivity index (χ3v) is 4.58. The van der Waals surface area contributed by atoms with Gasteiger partial charge in [0.05, 0.1) is 30.1 Å². The summed E-state index contributed by atoms with van der Waals surface area (Å²) in [5.41, 5.74) is 3.46. The van der Waals surface area contributed by atoms with Crippen LogP contribution >= 0.6 is 22.6 Å². The minimum absolute atomic E-state index is 0.340. The molecule has 0 saturated carbocycles. The van der Waals surface area contributed by atoms with Crippen molar-refractivity contribution in [2.75, 3.05) is 26.9 Å². The molecule has 31 heavy (non-hydrogen) atoms. The summed E-state index contributed by atoms with van der Waals surface area (Å²) in [5, 5.41) is 12.8. The number of methoxy groups -OCH3 is 1. The summed E-state index contributed by atoms with van der Waals surface area (Å²) >= 11 is 2.02. The fourth-order valence-corrected chi connectivity index (χ4v) is 3.29. The lowest BCUT2D eigenvalue weighted by Gasteiger charge is -2.13. The van der Waals surface area contributed by atoms with E-state index in [1.807, 2.05) is 29.5 Å². The molecule has 0 aromatic heterocycles. The Labute approximate surface area is 193 Å². The molecule has 2 N–H and O–H groups in total. The van der Waals surface area contributed by atoms with Crippen molar-refractivity contribution < 1.29 is 33.6 Å².